The van der Waals surface area contributed by atoms with Crippen LogP contribution in [-0.2, 0) is 6.54 Å². The van der Waals surface area contributed by atoms with Gasteiger partial charge in [-0.25, -0.2) is 4.39 Å². The largest absolute Gasteiger partial charge is 0.454 e. The predicted octanol–water partition coefficient (Wildman–Crippen LogP) is 5.42. The molecular weight excluding hydrogens is 312 g/mol. The number of ether oxygens (including phenoxy) is 1. The van der Waals surface area contributed by atoms with E-state index in [2.05, 4.69) is 12.2 Å². The molecule has 0 unspecified atom stereocenters. The zero-order valence-electron chi connectivity index (χ0n) is 11.6. The van der Waals surface area contributed by atoms with Crippen LogP contribution in [0, 0.1) is 5.82 Å². The fraction of sp³-hybridized carbons (Fsp3) is 0.250. The molecule has 0 atom stereocenters. The molecule has 0 fully saturated rings. The zero-order chi connectivity index (χ0) is 15.2. The first-order chi connectivity index (χ1) is 10.1. The topological polar surface area (TPSA) is 21.3 Å². The normalized spacial score (nSPS) is 10.7. The van der Waals surface area contributed by atoms with Crippen LogP contribution in [0.5, 0.6) is 11.5 Å². The first-order valence-electron chi connectivity index (χ1n) is 6.73. The molecule has 0 heterocycles. The van der Waals surface area contributed by atoms with Crippen molar-refractivity contribution < 1.29 is 9.13 Å². The van der Waals surface area contributed by atoms with Gasteiger partial charge in [-0.2, -0.15) is 0 Å². The lowest BCUT2D eigenvalue weighted by Crippen LogP contribution is -2.14. The molecule has 2 aromatic rings. The highest BCUT2D eigenvalue weighted by molar-refractivity contribution is 6.31. The molecule has 0 bridgehead atoms. The molecule has 0 radical (unpaired) electrons. The summed E-state index contributed by atoms with van der Waals surface area (Å²) in [6.07, 6.45) is 1.02. The summed E-state index contributed by atoms with van der Waals surface area (Å²) in [5.41, 5.74) is 0.798. The van der Waals surface area contributed by atoms with Crippen molar-refractivity contribution in [2.75, 3.05) is 6.54 Å². The molecule has 0 saturated carbocycles. The molecule has 0 spiro atoms. The summed E-state index contributed by atoms with van der Waals surface area (Å²) in [7, 11) is 0. The molecule has 5 heteroatoms. The van der Waals surface area contributed by atoms with E-state index in [4.69, 9.17) is 27.9 Å². The average molecular weight is 328 g/mol. The van der Waals surface area contributed by atoms with Crippen LogP contribution in [0.3, 0.4) is 0 Å². The van der Waals surface area contributed by atoms with Crippen LogP contribution in [0.4, 0.5) is 4.39 Å². The fourth-order valence-corrected chi connectivity index (χ4v) is 2.28. The van der Waals surface area contributed by atoms with E-state index >= 15 is 0 Å². The Kier molecular flexibility index (Phi) is 5.85. The van der Waals surface area contributed by atoms with Gasteiger partial charge in [-0.1, -0.05) is 42.3 Å². The Morgan fingerprint density at radius 3 is 2.43 bits per heavy atom. The summed E-state index contributed by atoms with van der Waals surface area (Å²) in [6.45, 7) is 3.51. The summed E-state index contributed by atoms with van der Waals surface area (Å²) < 4.78 is 19.6. The third kappa shape index (κ3) is 4.10. The number of hydrogen-bond donors (Lipinski definition) is 1. The third-order valence-corrected chi connectivity index (χ3v) is 3.59. The second kappa shape index (κ2) is 7.64. The monoisotopic (exact) mass is 327 g/mol. The molecule has 2 rings (SSSR count). The molecular formula is C16H16Cl2FNO. The van der Waals surface area contributed by atoms with Gasteiger partial charge in [0.25, 0.3) is 0 Å². The average Bonchev–Trinajstić information content (AvgIpc) is 2.47. The van der Waals surface area contributed by atoms with Crippen molar-refractivity contribution in [1.82, 2.24) is 5.32 Å². The van der Waals surface area contributed by atoms with Crippen molar-refractivity contribution in [3.63, 3.8) is 0 Å². The van der Waals surface area contributed by atoms with Crippen LogP contribution in [0.25, 0.3) is 0 Å². The Morgan fingerprint density at radius 2 is 1.71 bits per heavy atom. The Morgan fingerprint density at radius 1 is 1.05 bits per heavy atom. The molecule has 0 aliphatic carbocycles. The van der Waals surface area contributed by atoms with Gasteiger partial charge in [0.15, 0.2) is 11.6 Å². The minimum Gasteiger partial charge on any atom is -0.454 e. The van der Waals surface area contributed by atoms with E-state index in [-0.39, 0.29) is 10.8 Å². The lowest BCUT2D eigenvalue weighted by Gasteiger charge is -2.14. The molecule has 0 saturated heterocycles. The molecule has 0 aromatic heterocycles. The third-order valence-electron chi connectivity index (χ3n) is 2.94. The maximum absolute atomic E-state index is 13.9. The van der Waals surface area contributed by atoms with Crippen molar-refractivity contribution in [2.45, 2.75) is 19.9 Å². The summed E-state index contributed by atoms with van der Waals surface area (Å²) >= 11 is 12.0. The molecule has 1 N–H and O–H groups in total. The van der Waals surface area contributed by atoms with Crippen LogP contribution in [0.2, 0.25) is 10.0 Å². The number of benzene rings is 2. The maximum atomic E-state index is 13.9. The minimum absolute atomic E-state index is 0.0280. The second-order valence-corrected chi connectivity index (χ2v) is 5.36. The van der Waals surface area contributed by atoms with E-state index in [9.17, 15) is 4.39 Å². The van der Waals surface area contributed by atoms with E-state index in [0.717, 1.165) is 18.5 Å². The fourth-order valence-electron chi connectivity index (χ4n) is 1.88. The van der Waals surface area contributed by atoms with Gasteiger partial charge >= 0.3 is 0 Å². The SMILES string of the molecule is CCCNCc1c(Cl)cccc1Oc1cccc(Cl)c1F. The van der Waals surface area contributed by atoms with Gasteiger partial charge in [0, 0.05) is 17.1 Å². The molecule has 2 aromatic carbocycles. The van der Waals surface area contributed by atoms with Gasteiger partial charge in [-0.3, -0.25) is 0 Å². The van der Waals surface area contributed by atoms with Crippen molar-refractivity contribution in [3.05, 3.63) is 57.8 Å². The first-order valence-corrected chi connectivity index (χ1v) is 7.49. The minimum atomic E-state index is -0.577. The smallest absolute Gasteiger partial charge is 0.184 e. The van der Waals surface area contributed by atoms with Crippen molar-refractivity contribution in [2.24, 2.45) is 0 Å². The molecule has 0 aliphatic rings. The van der Waals surface area contributed by atoms with Crippen LogP contribution in [0.15, 0.2) is 36.4 Å². The van der Waals surface area contributed by atoms with Crippen molar-refractivity contribution in [1.29, 1.82) is 0 Å². The highest BCUT2D eigenvalue weighted by atomic mass is 35.5. The highest BCUT2D eigenvalue weighted by Crippen LogP contribution is 2.33. The van der Waals surface area contributed by atoms with Gasteiger partial charge in [0.1, 0.15) is 5.75 Å². The van der Waals surface area contributed by atoms with Gasteiger partial charge < -0.3 is 10.1 Å². The van der Waals surface area contributed by atoms with E-state index in [1.807, 2.05) is 0 Å². The molecule has 0 amide bonds. The van der Waals surface area contributed by atoms with E-state index in [1.165, 1.54) is 12.1 Å². The second-order valence-electron chi connectivity index (χ2n) is 4.55. The summed E-state index contributed by atoms with van der Waals surface area (Å²) in [4.78, 5) is 0. The van der Waals surface area contributed by atoms with Crippen LogP contribution < -0.4 is 10.1 Å². The lowest BCUT2D eigenvalue weighted by molar-refractivity contribution is 0.436. The number of halogens is 3. The lowest BCUT2D eigenvalue weighted by atomic mass is 10.2. The summed E-state index contributed by atoms with van der Waals surface area (Å²) in [5, 5.41) is 3.87. The zero-order valence-corrected chi connectivity index (χ0v) is 13.1. The maximum Gasteiger partial charge on any atom is 0.184 e. The number of hydrogen-bond acceptors (Lipinski definition) is 2. The van der Waals surface area contributed by atoms with Gasteiger partial charge in [0.2, 0.25) is 0 Å². The molecule has 2 nitrogen and oxygen atoms in total. The highest BCUT2D eigenvalue weighted by Gasteiger charge is 2.13. The van der Waals surface area contributed by atoms with Crippen LogP contribution >= 0.6 is 23.2 Å². The Labute approximate surface area is 133 Å². The van der Waals surface area contributed by atoms with E-state index < -0.39 is 5.82 Å². The quantitative estimate of drug-likeness (QED) is 0.715. The Balaban J connectivity index is 2.27. The van der Waals surface area contributed by atoms with Gasteiger partial charge in [-0.05, 0) is 37.2 Å². The predicted molar refractivity (Wildman–Crippen MR) is 84.9 cm³/mol. The van der Waals surface area contributed by atoms with Crippen LogP contribution in [-0.4, -0.2) is 6.54 Å². The van der Waals surface area contributed by atoms with E-state index in [0.29, 0.717) is 17.3 Å². The molecule has 112 valence electrons. The molecule has 0 aliphatic heterocycles. The van der Waals surface area contributed by atoms with Crippen LogP contribution in [0.1, 0.15) is 18.9 Å². The molecule has 21 heavy (non-hydrogen) atoms. The Hall–Kier alpha value is -1.29. The van der Waals surface area contributed by atoms with Gasteiger partial charge in [0.05, 0.1) is 5.02 Å². The first kappa shape index (κ1) is 16.1. The summed E-state index contributed by atoms with van der Waals surface area (Å²) in [6, 6.07) is 9.96. The van der Waals surface area contributed by atoms with E-state index in [1.54, 1.807) is 24.3 Å². The van der Waals surface area contributed by atoms with Crippen molar-refractivity contribution >= 4 is 23.2 Å². The number of rotatable bonds is 6. The summed E-state index contributed by atoms with van der Waals surface area (Å²) in [5.74, 6) is 0.0281. The Bertz CT molecular complexity index is 619. The van der Waals surface area contributed by atoms with Crippen molar-refractivity contribution in [3.8, 4) is 11.5 Å². The standard InChI is InChI=1S/C16H16Cl2FNO/c1-2-9-20-10-11-12(17)5-3-7-14(11)21-15-8-4-6-13(18)16(15)19/h3-8,20H,2,9-10H2,1H3. The van der Waals surface area contributed by atoms with Gasteiger partial charge in [-0.15, -0.1) is 0 Å². The number of nitrogens with one attached hydrogen (secondary N) is 1.